The van der Waals surface area contributed by atoms with E-state index in [-0.39, 0.29) is 18.4 Å². The van der Waals surface area contributed by atoms with Gasteiger partial charge in [0.25, 0.3) is 0 Å². The van der Waals surface area contributed by atoms with Gasteiger partial charge in [0.15, 0.2) is 17.4 Å². The lowest BCUT2D eigenvalue weighted by atomic mass is 10.1. The first kappa shape index (κ1) is 15.4. The molecule has 2 rings (SSSR count). The lowest BCUT2D eigenvalue weighted by Gasteiger charge is -2.12. The van der Waals surface area contributed by atoms with Crippen molar-refractivity contribution in [2.75, 3.05) is 0 Å². The summed E-state index contributed by atoms with van der Waals surface area (Å²) in [5.41, 5.74) is 8.09. The summed E-state index contributed by atoms with van der Waals surface area (Å²) in [6.45, 7) is 3.85. The van der Waals surface area contributed by atoms with E-state index in [2.05, 4.69) is 0 Å². The number of benzene rings is 2. The summed E-state index contributed by atoms with van der Waals surface area (Å²) >= 11 is 0. The maximum Gasteiger partial charge on any atom is 0.191 e. The Bertz CT molecular complexity index is 603. The molecule has 0 aliphatic carbocycles. The van der Waals surface area contributed by atoms with Crippen LogP contribution in [0.2, 0.25) is 0 Å². The SMILES string of the molecule is Cc1ccccc1COc1c(F)cc(CC(C)N)cc1F. The van der Waals surface area contributed by atoms with E-state index in [1.807, 2.05) is 31.2 Å². The van der Waals surface area contributed by atoms with Crippen LogP contribution in [0.4, 0.5) is 8.78 Å². The first-order valence-electron chi connectivity index (χ1n) is 6.88. The zero-order valence-corrected chi connectivity index (χ0v) is 12.2. The normalized spacial score (nSPS) is 12.2. The molecule has 2 N–H and O–H groups in total. The Hall–Kier alpha value is -1.94. The predicted molar refractivity (Wildman–Crippen MR) is 79.2 cm³/mol. The molecule has 2 aromatic rings. The molecule has 21 heavy (non-hydrogen) atoms. The Balaban J connectivity index is 2.15. The Kier molecular flexibility index (Phi) is 4.91. The van der Waals surface area contributed by atoms with Crippen LogP contribution in [-0.2, 0) is 13.0 Å². The number of halogens is 2. The fraction of sp³-hybridized carbons (Fsp3) is 0.294. The van der Waals surface area contributed by atoms with Crippen molar-refractivity contribution >= 4 is 0 Å². The average molecular weight is 291 g/mol. The minimum absolute atomic E-state index is 0.132. The van der Waals surface area contributed by atoms with Gasteiger partial charge in [0.1, 0.15) is 6.61 Å². The lowest BCUT2D eigenvalue weighted by molar-refractivity contribution is 0.273. The molecule has 0 spiro atoms. The van der Waals surface area contributed by atoms with E-state index >= 15 is 0 Å². The Morgan fingerprint density at radius 2 is 1.76 bits per heavy atom. The molecule has 0 saturated heterocycles. The van der Waals surface area contributed by atoms with Crippen molar-refractivity contribution in [3.8, 4) is 5.75 Å². The van der Waals surface area contributed by atoms with E-state index in [1.54, 1.807) is 6.92 Å². The number of hydrogen-bond acceptors (Lipinski definition) is 2. The van der Waals surface area contributed by atoms with E-state index in [0.29, 0.717) is 12.0 Å². The van der Waals surface area contributed by atoms with Crippen molar-refractivity contribution in [1.82, 2.24) is 0 Å². The van der Waals surface area contributed by atoms with Gasteiger partial charge in [0.05, 0.1) is 0 Å². The number of nitrogens with two attached hydrogens (primary N) is 1. The Labute approximate surface area is 123 Å². The third-order valence-corrected chi connectivity index (χ3v) is 3.25. The van der Waals surface area contributed by atoms with Crippen LogP contribution in [0.1, 0.15) is 23.6 Å². The molecule has 0 radical (unpaired) electrons. The molecule has 1 unspecified atom stereocenters. The Morgan fingerprint density at radius 3 is 2.33 bits per heavy atom. The zero-order valence-electron chi connectivity index (χ0n) is 12.2. The number of hydrogen-bond donors (Lipinski definition) is 1. The van der Waals surface area contributed by atoms with Crippen LogP contribution in [0.15, 0.2) is 36.4 Å². The summed E-state index contributed by atoms with van der Waals surface area (Å²) in [6.07, 6.45) is 0.423. The minimum Gasteiger partial charge on any atom is -0.483 e. The first-order chi connectivity index (χ1) is 9.97. The molecule has 112 valence electrons. The van der Waals surface area contributed by atoms with Crippen LogP contribution in [0.5, 0.6) is 5.75 Å². The van der Waals surface area contributed by atoms with Gasteiger partial charge in [-0.15, -0.1) is 0 Å². The van der Waals surface area contributed by atoms with E-state index in [4.69, 9.17) is 10.5 Å². The van der Waals surface area contributed by atoms with Crippen LogP contribution in [0.3, 0.4) is 0 Å². The summed E-state index contributed by atoms with van der Waals surface area (Å²) < 4.78 is 33.2. The monoisotopic (exact) mass is 291 g/mol. The molecule has 0 heterocycles. The third-order valence-electron chi connectivity index (χ3n) is 3.25. The minimum atomic E-state index is -0.695. The van der Waals surface area contributed by atoms with Crippen molar-refractivity contribution in [3.05, 3.63) is 64.7 Å². The van der Waals surface area contributed by atoms with Gasteiger partial charge in [0, 0.05) is 6.04 Å². The number of ether oxygens (including phenoxy) is 1. The highest BCUT2D eigenvalue weighted by molar-refractivity contribution is 5.32. The second-order valence-electron chi connectivity index (χ2n) is 5.29. The van der Waals surface area contributed by atoms with Crippen molar-refractivity contribution in [1.29, 1.82) is 0 Å². The summed E-state index contributed by atoms with van der Waals surface area (Å²) in [4.78, 5) is 0. The fourth-order valence-corrected chi connectivity index (χ4v) is 2.16. The van der Waals surface area contributed by atoms with Crippen LogP contribution in [0, 0.1) is 18.6 Å². The molecule has 0 bridgehead atoms. The molecule has 0 aliphatic rings. The van der Waals surface area contributed by atoms with Crippen LogP contribution in [0.25, 0.3) is 0 Å². The van der Waals surface area contributed by atoms with E-state index in [1.165, 1.54) is 12.1 Å². The highest BCUT2D eigenvalue weighted by Crippen LogP contribution is 2.25. The predicted octanol–water partition coefficient (Wildman–Crippen LogP) is 3.74. The summed E-state index contributed by atoms with van der Waals surface area (Å²) in [7, 11) is 0. The highest BCUT2D eigenvalue weighted by Gasteiger charge is 2.14. The van der Waals surface area contributed by atoms with Gasteiger partial charge in [-0.1, -0.05) is 24.3 Å². The maximum absolute atomic E-state index is 14.0. The van der Waals surface area contributed by atoms with Crippen molar-refractivity contribution in [2.45, 2.75) is 32.9 Å². The number of aryl methyl sites for hydroxylation is 1. The van der Waals surface area contributed by atoms with Crippen LogP contribution < -0.4 is 10.5 Å². The smallest absolute Gasteiger partial charge is 0.191 e. The molecule has 0 amide bonds. The van der Waals surface area contributed by atoms with Gasteiger partial charge in [0.2, 0.25) is 0 Å². The fourth-order valence-electron chi connectivity index (χ4n) is 2.16. The average Bonchev–Trinajstić information content (AvgIpc) is 2.39. The molecule has 4 heteroatoms. The van der Waals surface area contributed by atoms with Gasteiger partial charge in [-0.05, 0) is 49.1 Å². The van der Waals surface area contributed by atoms with Crippen molar-refractivity contribution in [2.24, 2.45) is 5.73 Å². The van der Waals surface area contributed by atoms with Gasteiger partial charge >= 0.3 is 0 Å². The maximum atomic E-state index is 14.0. The van der Waals surface area contributed by atoms with Gasteiger partial charge in [-0.2, -0.15) is 0 Å². The van der Waals surface area contributed by atoms with Crippen molar-refractivity contribution < 1.29 is 13.5 Å². The quantitative estimate of drug-likeness (QED) is 0.910. The second-order valence-corrected chi connectivity index (χ2v) is 5.29. The summed E-state index contributed by atoms with van der Waals surface area (Å²) in [5.74, 6) is -1.73. The highest BCUT2D eigenvalue weighted by atomic mass is 19.1. The molecule has 0 saturated carbocycles. The standard InChI is InChI=1S/C17H19F2NO/c1-11-5-3-4-6-14(11)10-21-17-15(18)8-13(7-12(2)20)9-16(17)19/h3-6,8-9,12H,7,10,20H2,1-2H3. The van der Waals surface area contributed by atoms with Gasteiger partial charge in [-0.25, -0.2) is 8.78 Å². The zero-order chi connectivity index (χ0) is 15.4. The van der Waals surface area contributed by atoms with E-state index < -0.39 is 11.6 Å². The summed E-state index contributed by atoms with van der Waals surface area (Å²) in [5, 5.41) is 0. The molecule has 0 fully saturated rings. The summed E-state index contributed by atoms with van der Waals surface area (Å²) in [6, 6.07) is 9.97. The topological polar surface area (TPSA) is 35.2 Å². The molecule has 0 aromatic heterocycles. The van der Waals surface area contributed by atoms with Gasteiger partial charge < -0.3 is 10.5 Å². The molecule has 2 aromatic carbocycles. The molecule has 0 aliphatic heterocycles. The van der Waals surface area contributed by atoms with E-state index in [0.717, 1.165) is 11.1 Å². The first-order valence-corrected chi connectivity index (χ1v) is 6.88. The molecule has 2 nitrogen and oxygen atoms in total. The van der Waals surface area contributed by atoms with Crippen LogP contribution in [-0.4, -0.2) is 6.04 Å². The largest absolute Gasteiger partial charge is 0.483 e. The number of rotatable bonds is 5. The van der Waals surface area contributed by atoms with Crippen molar-refractivity contribution in [3.63, 3.8) is 0 Å². The molecular weight excluding hydrogens is 272 g/mol. The second kappa shape index (κ2) is 6.68. The lowest BCUT2D eigenvalue weighted by Crippen LogP contribution is -2.18. The molecular formula is C17H19F2NO. The van der Waals surface area contributed by atoms with E-state index in [9.17, 15) is 8.78 Å². The van der Waals surface area contributed by atoms with Gasteiger partial charge in [-0.3, -0.25) is 0 Å². The van der Waals surface area contributed by atoms with Crippen LogP contribution >= 0.6 is 0 Å². The molecule has 1 atom stereocenters. The third kappa shape index (κ3) is 4.02. The Morgan fingerprint density at radius 1 is 1.14 bits per heavy atom.